The lowest BCUT2D eigenvalue weighted by molar-refractivity contribution is -0.121. The molecule has 0 atom stereocenters. The number of carbonyl (C=O) groups excluding carboxylic acids is 1. The van der Waals surface area contributed by atoms with Gasteiger partial charge >= 0.3 is 0 Å². The highest BCUT2D eigenvalue weighted by atomic mass is 16.3. The molecule has 2 aromatic carbocycles. The number of aromatic nitrogens is 3. The number of phenols is 1. The molecule has 0 aliphatic carbocycles. The lowest BCUT2D eigenvalue weighted by Gasteiger charge is -2.04. The molecule has 0 aliphatic rings. The Balaban J connectivity index is 1.57. The second-order valence-electron chi connectivity index (χ2n) is 5.33. The SMILES string of the molecule is CC(=NNC(=O)CCn1nnc2ccccc21)c1ccc(O)cc1. The molecule has 1 amide bonds. The van der Waals surface area contributed by atoms with Crippen LogP contribution in [-0.4, -0.2) is 31.7 Å². The molecule has 0 unspecified atom stereocenters. The highest BCUT2D eigenvalue weighted by molar-refractivity contribution is 5.99. The smallest absolute Gasteiger partial charge is 0.241 e. The molecular weight excluding hydrogens is 306 g/mol. The third kappa shape index (κ3) is 3.57. The standard InChI is InChI=1S/C17H17N5O2/c1-12(13-6-8-14(23)9-7-13)18-20-17(24)10-11-22-16-5-3-2-4-15(16)19-21-22/h2-9,23H,10-11H2,1H3,(H,20,24). The van der Waals surface area contributed by atoms with Crippen molar-refractivity contribution in [2.75, 3.05) is 0 Å². The van der Waals surface area contributed by atoms with Crippen LogP contribution in [0.4, 0.5) is 0 Å². The van der Waals surface area contributed by atoms with Crippen LogP contribution in [0.2, 0.25) is 0 Å². The third-order valence-electron chi connectivity index (χ3n) is 3.60. The number of nitrogens with one attached hydrogen (secondary N) is 1. The number of hydrogen-bond acceptors (Lipinski definition) is 5. The Labute approximate surface area is 138 Å². The molecule has 3 rings (SSSR count). The molecule has 0 bridgehead atoms. The fourth-order valence-electron chi connectivity index (χ4n) is 2.26. The molecule has 2 N–H and O–H groups in total. The number of hydrogen-bond donors (Lipinski definition) is 2. The van der Waals surface area contributed by atoms with Gasteiger partial charge in [0.05, 0.1) is 17.8 Å². The highest BCUT2D eigenvalue weighted by Crippen LogP contribution is 2.11. The van der Waals surface area contributed by atoms with E-state index in [1.54, 1.807) is 35.9 Å². The summed E-state index contributed by atoms with van der Waals surface area (Å²) in [5.74, 6) is -0.0108. The minimum Gasteiger partial charge on any atom is -0.508 e. The van der Waals surface area contributed by atoms with Gasteiger partial charge in [-0.25, -0.2) is 10.1 Å². The summed E-state index contributed by atoms with van der Waals surface area (Å²) in [5, 5.41) is 21.4. The lowest BCUT2D eigenvalue weighted by Crippen LogP contribution is -2.21. The Bertz CT molecular complexity index is 883. The Morgan fingerprint density at radius 2 is 1.96 bits per heavy atom. The van der Waals surface area contributed by atoms with E-state index in [0.29, 0.717) is 12.3 Å². The molecule has 0 fully saturated rings. The van der Waals surface area contributed by atoms with Crippen molar-refractivity contribution in [2.45, 2.75) is 19.9 Å². The first-order valence-electron chi connectivity index (χ1n) is 7.54. The predicted molar refractivity (Wildman–Crippen MR) is 90.6 cm³/mol. The lowest BCUT2D eigenvalue weighted by atomic mass is 10.1. The minimum absolute atomic E-state index is 0.190. The summed E-state index contributed by atoms with van der Waals surface area (Å²) in [7, 11) is 0. The van der Waals surface area contributed by atoms with E-state index >= 15 is 0 Å². The number of nitrogens with zero attached hydrogens (tertiary/aromatic N) is 4. The van der Waals surface area contributed by atoms with Crippen molar-refractivity contribution in [1.29, 1.82) is 0 Å². The fourth-order valence-corrected chi connectivity index (χ4v) is 2.26. The van der Waals surface area contributed by atoms with E-state index in [1.807, 2.05) is 24.3 Å². The number of amides is 1. The van der Waals surface area contributed by atoms with Crippen LogP contribution < -0.4 is 5.43 Å². The molecule has 122 valence electrons. The number of para-hydroxylation sites is 1. The van der Waals surface area contributed by atoms with Crippen LogP contribution in [0.5, 0.6) is 5.75 Å². The van der Waals surface area contributed by atoms with Crippen molar-refractivity contribution in [3.63, 3.8) is 0 Å². The van der Waals surface area contributed by atoms with Gasteiger partial charge in [-0.2, -0.15) is 5.10 Å². The second kappa shape index (κ2) is 6.91. The molecule has 24 heavy (non-hydrogen) atoms. The largest absolute Gasteiger partial charge is 0.508 e. The van der Waals surface area contributed by atoms with Crippen molar-refractivity contribution >= 4 is 22.7 Å². The van der Waals surface area contributed by atoms with Crippen LogP contribution in [0.3, 0.4) is 0 Å². The molecule has 0 radical (unpaired) electrons. The molecule has 7 heteroatoms. The number of rotatable bonds is 5. The Morgan fingerprint density at radius 1 is 1.21 bits per heavy atom. The van der Waals surface area contributed by atoms with Crippen molar-refractivity contribution in [1.82, 2.24) is 20.4 Å². The number of aromatic hydroxyl groups is 1. The predicted octanol–water partition coefficient (Wildman–Crippen LogP) is 2.07. The van der Waals surface area contributed by atoms with Gasteiger partial charge in [-0.05, 0) is 48.9 Å². The van der Waals surface area contributed by atoms with Gasteiger partial charge in [0, 0.05) is 6.42 Å². The Kier molecular flexibility index (Phi) is 4.51. The maximum atomic E-state index is 11.9. The Morgan fingerprint density at radius 3 is 2.75 bits per heavy atom. The van der Waals surface area contributed by atoms with E-state index in [2.05, 4.69) is 20.8 Å². The summed E-state index contributed by atoms with van der Waals surface area (Å²) in [4.78, 5) is 11.9. The number of carbonyl (C=O) groups is 1. The van der Waals surface area contributed by atoms with E-state index in [4.69, 9.17) is 0 Å². The average Bonchev–Trinajstić information content (AvgIpc) is 3.01. The first-order chi connectivity index (χ1) is 11.6. The quantitative estimate of drug-likeness (QED) is 0.555. The molecule has 7 nitrogen and oxygen atoms in total. The van der Waals surface area contributed by atoms with Crippen molar-refractivity contribution < 1.29 is 9.90 Å². The van der Waals surface area contributed by atoms with Crippen molar-refractivity contribution in [3.05, 3.63) is 54.1 Å². The monoisotopic (exact) mass is 323 g/mol. The summed E-state index contributed by atoms with van der Waals surface area (Å²) in [6.45, 7) is 2.22. The van der Waals surface area contributed by atoms with Gasteiger partial charge in [-0.1, -0.05) is 17.3 Å². The number of fused-ring (bicyclic) bond motifs is 1. The van der Waals surface area contributed by atoms with Gasteiger partial charge in [-0.3, -0.25) is 4.79 Å². The minimum atomic E-state index is -0.201. The van der Waals surface area contributed by atoms with Crippen LogP contribution in [-0.2, 0) is 11.3 Å². The third-order valence-corrected chi connectivity index (χ3v) is 3.60. The number of phenolic OH excluding ortho intramolecular Hbond substituents is 1. The van der Waals surface area contributed by atoms with Gasteiger partial charge in [0.1, 0.15) is 11.3 Å². The number of benzene rings is 2. The maximum absolute atomic E-state index is 11.9. The molecule has 0 saturated heterocycles. The number of hydrazone groups is 1. The van der Waals surface area contributed by atoms with Crippen LogP contribution in [0.25, 0.3) is 11.0 Å². The van der Waals surface area contributed by atoms with Gasteiger partial charge in [0.15, 0.2) is 0 Å². The van der Waals surface area contributed by atoms with Gasteiger partial charge in [0.2, 0.25) is 5.91 Å². The van der Waals surface area contributed by atoms with Crippen LogP contribution in [0.15, 0.2) is 53.6 Å². The molecule has 1 aromatic heterocycles. The van der Waals surface area contributed by atoms with Gasteiger partial charge < -0.3 is 5.11 Å². The van der Waals surface area contributed by atoms with E-state index in [9.17, 15) is 9.90 Å². The second-order valence-corrected chi connectivity index (χ2v) is 5.33. The van der Waals surface area contributed by atoms with Gasteiger partial charge in [0.25, 0.3) is 0 Å². The van der Waals surface area contributed by atoms with Crippen LogP contribution in [0, 0.1) is 0 Å². The molecule has 0 spiro atoms. The van der Waals surface area contributed by atoms with Gasteiger partial charge in [-0.15, -0.1) is 5.10 Å². The summed E-state index contributed by atoms with van der Waals surface area (Å²) in [6.07, 6.45) is 0.250. The van der Waals surface area contributed by atoms with Crippen molar-refractivity contribution in [2.24, 2.45) is 5.10 Å². The fraction of sp³-hybridized carbons (Fsp3) is 0.176. The zero-order chi connectivity index (χ0) is 16.9. The summed E-state index contributed by atoms with van der Waals surface area (Å²) >= 11 is 0. The summed E-state index contributed by atoms with van der Waals surface area (Å²) < 4.78 is 1.70. The van der Waals surface area contributed by atoms with E-state index in [1.165, 1.54) is 0 Å². The molecular formula is C17H17N5O2. The van der Waals surface area contributed by atoms with Crippen LogP contribution in [0.1, 0.15) is 18.9 Å². The number of aryl methyl sites for hydroxylation is 1. The molecule has 0 aliphatic heterocycles. The highest BCUT2D eigenvalue weighted by Gasteiger charge is 2.06. The summed E-state index contributed by atoms with van der Waals surface area (Å²) in [5.41, 5.74) is 5.72. The first-order valence-corrected chi connectivity index (χ1v) is 7.54. The van der Waals surface area contributed by atoms with Crippen LogP contribution >= 0.6 is 0 Å². The molecule has 0 saturated carbocycles. The normalized spacial score (nSPS) is 11.6. The average molecular weight is 323 g/mol. The zero-order valence-electron chi connectivity index (χ0n) is 13.2. The maximum Gasteiger partial charge on any atom is 0.241 e. The zero-order valence-corrected chi connectivity index (χ0v) is 13.2. The topological polar surface area (TPSA) is 92.4 Å². The Hall–Kier alpha value is -3.22. The van der Waals surface area contributed by atoms with E-state index in [-0.39, 0.29) is 18.1 Å². The van der Waals surface area contributed by atoms with E-state index in [0.717, 1.165) is 16.6 Å². The van der Waals surface area contributed by atoms with Crippen molar-refractivity contribution in [3.8, 4) is 5.75 Å². The molecule has 3 aromatic rings. The van der Waals surface area contributed by atoms with E-state index < -0.39 is 0 Å². The first kappa shape index (κ1) is 15.7. The summed E-state index contributed by atoms with van der Waals surface area (Å²) in [6, 6.07) is 14.2. The molecule has 1 heterocycles.